The van der Waals surface area contributed by atoms with Crippen LogP contribution in [0.3, 0.4) is 0 Å². The Kier molecular flexibility index (Phi) is 10.0. The number of amides is 2. The zero-order valence-corrected chi connectivity index (χ0v) is 27.5. The fraction of sp³-hybridized carbons (Fsp3) is 0.194. The van der Waals surface area contributed by atoms with Crippen molar-refractivity contribution in [1.82, 2.24) is 25.1 Å². The Morgan fingerprint density at radius 3 is 2.17 bits per heavy atom. The second kappa shape index (κ2) is 14.9. The van der Waals surface area contributed by atoms with E-state index in [2.05, 4.69) is 15.5 Å². The number of benzene rings is 4. The largest absolute Gasteiger partial charge is 0.497 e. The van der Waals surface area contributed by atoms with Crippen LogP contribution in [-0.2, 0) is 11.3 Å². The number of carbonyl (C=O) groups excluding carboxylic acids is 2. The van der Waals surface area contributed by atoms with Gasteiger partial charge in [0.25, 0.3) is 11.8 Å². The van der Waals surface area contributed by atoms with Crippen molar-refractivity contribution in [2.45, 2.75) is 24.2 Å². The second-order valence-corrected chi connectivity index (χ2v) is 11.7. The van der Waals surface area contributed by atoms with Crippen molar-refractivity contribution in [3.05, 3.63) is 126 Å². The molecule has 0 aliphatic carbocycles. The normalized spacial score (nSPS) is 13.9. The molecule has 1 N–H and O–H groups in total. The maximum atomic E-state index is 13.9. The second-order valence-electron chi connectivity index (χ2n) is 10.7. The van der Waals surface area contributed by atoms with Gasteiger partial charge in [0.1, 0.15) is 17.2 Å². The molecule has 0 bridgehead atoms. The summed E-state index contributed by atoms with van der Waals surface area (Å²) in [5, 5.41) is 18.6. The van der Waals surface area contributed by atoms with E-state index in [1.165, 1.54) is 18.9 Å². The van der Waals surface area contributed by atoms with E-state index in [1.54, 1.807) is 43.5 Å². The van der Waals surface area contributed by atoms with Crippen molar-refractivity contribution in [3.63, 3.8) is 0 Å². The molecule has 1 aliphatic rings. The van der Waals surface area contributed by atoms with Crippen LogP contribution in [-0.4, -0.2) is 64.4 Å². The van der Waals surface area contributed by atoms with Gasteiger partial charge in [-0.2, -0.15) is 5.10 Å². The number of carbonyl (C=O) groups is 2. The number of aromatic nitrogens is 3. The molecule has 11 nitrogen and oxygen atoms in total. The lowest BCUT2D eigenvalue weighted by atomic mass is 9.98. The molecule has 1 aromatic heterocycles. The maximum Gasteiger partial charge on any atom is 0.255 e. The molecule has 1 atom stereocenters. The van der Waals surface area contributed by atoms with Crippen molar-refractivity contribution in [1.29, 1.82) is 0 Å². The number of rotatable bonds is 12. The molecular weight excluding hydrogens is 629 g/mol. The summed E-state index contributed by atoms with van der Waals surface area (Å²) in [4.78, 5) is 26.9. The number of hydrogen-bond acceptors (Lipinski definition) is 9. The van der Waals surface area contributed by atoms with Gasteiger partial charge in [0, 0.05) is 12.1 Å². The number of para-hydroxylation sites is 2. The van der Waals surface area contributed by atoms with Crippen LogP contribution in [0.2, 0.25) is 0 Å². The molecule has 0 radical (unpaired) electrons. The van der Waals surface area contributed by atoms with Crippen LogP contribution >= 0.6 is 11.8 Å². The van der Waals surface area contributed by atoms with Crippen LogP contribution in [0.4, 0.5) is 0 Å². The van der Waals surface area contributed by atoms with Gasteiger partial charge in [0.15, 0.2) is 11.0 Å². The average Bonchev–Trinajstić information content (AvgIpc) is 3.78. The van der Waals surface area contributed by atoms with E-state index in [1.807, 2.05) is 83.4 Å². The summed E-state index contributed by atoms with van der Waals surface area (Å²) in [7, 11) is 4.77. The summed E-state index contributed by atoms with van der Waals surface area (Å²) < 4.78 is 17.9. The molecule has 0 saturated heterocycles. The highest BCUT2D eigenvalue weighted by Gasteiger charge is 2.33. The zero-order chi connectivity index (χ0) is 33.5. The minimum absolute atomic E-state index is 0.0601. The van der Waals surface area contributed by atoms with Crippen LogP contribution in [0, 0.1) is 0 Å². The van der Waals surface area contributed by atoms with Crippen LogP contribution < -0.4 is 19.5 Å². The Labute approximate surface area is 282 Å². The average molecular weight is 663 g/mol. The number of thioether (sulfide) groups is 1. The lowest BCUT2D eigenvalue weighted by molar-refractivity contribution is -0.130. The third-order valence-corrected chi connectivity index (χ3v) is 8.80. The van der Waals surface area contributed by atoms with Crippen LogP contribution in [0.1, 0.15) is 39.8 Å². The van der Waals surface area contributed by atoms with E-state index in [4.69, 9.17) is 19.3 Å². The van der Waals surface area contributed by atoms with Crippen molar-refractivity contribution in [2.75, 3.05) is 27.1 Å². The molecule has 2 amide bonds. The van der Waals surface area contributed by atoms with Crippen LogP contribution in [0.25, 0.3) is 5.69 Å². The molecule has 12 heteroatoms. The molecule has 1 aliphatic heterocycles. The SMILES string of the molecule is COc1ccc(C2=NN(C(=O)CSc3nnc(CNC(=O)c4ccccc4OC)n3-c3ccccc3)C(c3ccc(OC)cc3)C2)cc1. The molecule has 6 rings (SSSR count). The Morgan fingerprint density at radius 1 is 0.812 bits per heavy atom. The Morgan fingerprint density at radius 2 is 1.48 bits per heavy atom. The Bertz CT molecular complexity index is 1910. The van der Waals surface area contributed by atoms with E-state index < -0.39 is 0 Å². The van der Waals surface area contributed by atoms with Crippen molar-refractivity contribution < 1.29 is 23.8 Å². The van der Waals surface area contributed by atoms with E-state index >= 15 is 0 Å². The highest BCUT2D eigenvalue weighted by molar-refractivity contribution is 7.99. The van der Waals surface area contributed by atoms with Gasteiger partial charge in [-0.1, -0.05) is 54.2 Å². The predicted octanol–water partition coefficient (Wildman–Crippen LogP) is 5.69. The lowest BCUT2D eigenvalue weighted by Crippen LogP contribution is -2.28. The predicted molar refractivity (Wildman–Crippen MR) is 183 cm³/mol. The number of hydrazone groups is 1. The Hall–Kier alpha value is -5.62. The standard InChI is InChI=1S/C36H34N6O5S/c1-45-27-17-13-24(14-18-27)30-21-31(25-15-19-28(46-2)20-16-25)42(40-30)34(43)23-48-36-39-38-33(41(36)26-9-5-4-6-10-26)22-37-35(44)29-11-7-8-12-32(29)47-3/h4-20,31H,21-23H2,1-3H3,(H,37,44). The van der Waals surface area contributed by atoms with Gasteiger partial charge >= 0.3 is 0 Å². The molecule has 0 saturated carbocycles. The highest BCUT2D eigenvalue weighted by Crippen LogP contribution is 2.35. The molecule has 1 unspecified atom stereocenters. The van der Waals surface area contributed by atoms with Gasteiger partial charge in [-0.3, -0.25) is 14.2 Å². The number of ether oxygens (including phenoxy) is 3. The fourth-order valence-electron chi connectivity index (χ4n) is 5.41. The van der Waals surface area contributed by atoms with E-state index in [-0.39, 0.29) is 30.2 Å². The van der Waals surface area contributed by atoms with Gasteiger partial charge < -0.3 is 19.5 Å². The summed E-state index contributed by atoms with van der Waals surface area (Å²) in [5.74, 6) is 2.04. The first-order chi connectivity index (χ1) is 23.5. The molecule has 0 fully saturated rings. The van der Waals surface area contributed by atoms with Gasteiger partial charge in [-0.05, 0) is 71.8 Å². The van der Waals surface area contributed by atoms with Gasteiger partial charge in [-0.25, -0.2) is 5.01 Å². The number of hydrogen-bond donors (Lipinski definition) is 1. The van der Waals surface area contributed by atoms with Crippen molar-refractivity contribution in [3.8, 4) is 22.9 Å². The maximum absolute atomic E-state index is 13.9. The summed E-state index contributed by atoms with van der Waals surface area (Å²) in [6.07, 6.45) is 0.547. The first-order valence-electron chi connectivity index (χ1n) is 15.2. The molecule has 244 valence electrons. The lowest BCUT2D eigenvalue weighted by Gasteiger charge is -2.22. The summed E-state index contributed by atoms with van der Waals surface area (Å²) in [6.45, 7) is 0.106. The van der Waals surface area contributed by atoms with Crippen LogP contribution in [0.15, 0.2) is 113 Å². The molecule has 0 spiro atoms. The summed E-state index contributed by atoms with van der Waals surface area (Å²) in [6, 6.07) is 31.6. The number of nitrogens with zero attached hydrogens (tertiary/aromatic N) is 5. The minimum Gasteiger partial charge on any atom is -0.497 e. The van der Waals surface area contributed by atoms with Gasteiger partial charge in [0.2, 0.25) is 0 Å². The topological polar surface area (TPSA) is 120 Å². The van der Waals surface area contributed by atoms with E-state index in [9.17, 15) is 9.59 Å². The monoisotopic (exact) mass is 662 g/mol. The van der Waals surface area contributed by atoms with Gasteiger partial charge in [-0.15, -0.1) is 10.2 Å². The Balaban J connectivity index is 1.23. The van der Waals surface area contributed by atoms with E-state index in [0.29, 0.717) is 28.7 Å². The minimum atomic E-state index is -0.302. The molecule has 5 aromatic rings. The summed E-state index contributed by atoms with van der Waals surface area (Å²) >= 11 is 1.26. The molecule has 2 heterocycles. The smallest absolute Gasteiger partial charge is 0.255 e. The highest BCUT2D eigenvalue weighted by atomic mass is 32.2. The molecular formula is C36H34N6O5S. The van der Waals surface area contributed by atoms with Crippen LogP contribution in [0.5, 0.6) is 17.2 Å². The third kappa shape index (κ3) is 7.03. The summed E-state index contributed by atoms with van der Waals surface area (Å²) in [5.41, 5.74) is 3.88. The third-order valence-electron chi connectivity index (χ3n) is 7.89. The van der Waals surface area contributed by atoms with Crippen molar-refractivity contribution in [2.24, 2.45) is 5.10 Å². The van der Waals surface area contributed by atoms with Gasteiger partial charge in [0.05, 0.1) is 50.9 Å². The molecule has 4 aromatic carbocycles. The molecule has 48 heavy (non-hydrogen) atoms. The fourth-order valence-corrected chi connectivity index (χ4v) is 6.23. The number of nitrogens with one attached hydrogen (secondary N) is 1. The van der Waals surface area contributed by atoms with E-state index in [0.717, 1.165) is 34.0 Å². The zero-order valence-electron chi connectivity index (χ0n) is 26.7. The quantitative estimate of drug-likeness (QED) is 0.169. The first kappa shape index (κ1) is 32.3. The first-order valence-corrected chi connectivity index (χ1v) is 16.2. The van der Waals surface area contributed by atoms with Crippen molar-refractivity contribution >= 4 is 29.3 Å². The number of methoxy groups -OCH3 is 3.